The number of rotatable bonds is 4. The van der Waals surface area contributed by atoms with Crippen LogP contribution in [-0.4, -0.2) is 35.7 Å². The third kappa shape index (κ3) is 3.49. The van der Waals surface area contributed by atoms with Crippen molar-refractivity contribution in [3.63, 3.8) is 0 Å². The van der Waals surface area contributed by atoms with Crippen molar-refractivity contribution >= 4 is 11.7 Å². The molecule has 4 nitrogen and oxygen atoms in total. The van der Waals surface area contributed by atoms with Gasteiger partial charge in [0.15, 0.2) is 5.78 Å². The predicted octanol–water partition coefficient (Wildman–Crippen LogP) is 3.04. The van der Waals surface area contributed by atoms with Gasteiger partial charge in [-0.1, -0.05) is 48.0 Å². The first-order chi connectivity index (χ1) is 12.0. The van der Waals surface area contributed by atoms with Gasteiger partial charge in [0, 0.05) is 23.7 Å². The smallest absolute Gasteiger partial charge is 0.254 e. The summed E-state index contributed by atoms with van der Waals surface area (Å²) in [5.74, 6) is 0.129. The standard InChI is InChI=1S/C21H24N2O2/c1-14-7-9-17(10-8-14)20(24)18-5-3-4-6-19(18)21(25)23-13-16(12-22)11-15(23)2/h3-10,15-16H,11-13,22H2,1-2H3. The molecule has 0 radical (unpaired) electrons. The Balaban J connectivity index is 1.92. The van der Waals surface area contributed by atoms with Crippen LogP contribution in [0.25, 0.3) is 0 Å². The van der Waals surface area contributed by atoms with Crippen LogP contribution in [-0.2, 0) is 0 Å². The Morgan fingerprint density at radius 2 is 1.72 bits per heavy atom. The molecule has 25 heavy (non-hydrogen) atoms. The van der Waals surface area contributed by atoms with Gasteiger partial charge < -0.3 is 10.6 Å². The average Bonchev–Trinajstić information content (AvgIpc) is 3.02. The zero-order valence-corrected chi connectivity index (χ0v) is 14.7. The molecule has 2 unspecified atom stereocenters. The summed E-state index contributed by atoms with van der Waals surface area (Å²) in [6, 6.07) is 14.7. The van der Waals surface area contributed by atoms with Crippen LogP contribution >= 0.6 is 0 Å². The van der Waals surface area contributed by atoms with Crippen LogP contribution in [0.5, 0.6) is 0 Å². The van der Waals surface area contributed by atoms with E-state index in [1.54, 1.807) is 24.3 Å². The van der Waals surface area contributed by atoms with Gasteiger partial charge in [-0.2, -0.15) is 0 Å². The Kier molecular flexibility index (Phi) is 5.00. The third-order valence-electron chi connectivity index (χ3n) is 4.97. The van der Waals surface area contributed by atoms with Crippen molar-refractivity contribution in [3.05, 3.63) is 70.8 Å². The van der Waals surface area contributed by atoms with Crippen LogP contribution in [0.3, 0.4) is 0 Å². The maximum absolute atomic E-state index is 13.1. The summed E-state index contributed by atoms with van der Waals surface area (Å²) < 4.78 is 0. The van der Waals surface area contributed by atoms with E-state index in [1.165, 1.54) is 0 Å². The molecule has 130 valence electrons. The molecule has 3 rings (SSSR count). The monoisotopic (exact) mass is 336 g/mol. The van der Waals surface area contributed by atoms with Crippen molar-refractivity contribution < 1.29 is 9.59 Å². The number of likely N-dealkylation sites (tertiary alicyclic amines) is 1. The maximum atomic E-state index is 13.1. The Morgan fingerprint density at radius 3 is 2.32 bits per heavy atom. The average molecular weight is 336 g/mol. The SMILES string of the molecule is Cc1ccc(C(=O)c2ccccc2C(=O)N2CC(CN)CC2C)cc1. The second kappa shape index (κ2) is 7.19. The van der Waals surface area contributed by atoms with Crippen LogP contribution in [0.2, 0.25) is 0 Å². The van der Waals surface area contributed by atoms with E-state index in [4.69, 9.17) is 5.73 Å². The molecule has 0 bridgehead atoms. The molecular formula is C21H24N2O2. The molecule has 2 aromatic carbocycles. The predicted molar refractivity (Wildman–Crippen MR) is 98.7 cm³/mol. The van der Waals surface area contributed by atoms with Gasteiger partial charge in [0.05, 0.1) is 5.56 Å². The summed E-state index contributed by atoms with van der Waals surface area (Å²) in [6.45, 7) is 5.26. The summed E-state index contributed by atoms with van der Waals surface area (Å²) in [6.07, 6.45) is 0.913. The lowest BCUT2D eigenvalue weighted by Crippen LogP contribution is -2.35. The lowest BCUT2D eigenvalue weighted by molar-refractivity contribution is 0.0739. The molecule has 2 atom stereocenters. The number of nitrogens with zero attached hydrogens (tertiary/aromatic N) is 1. The Hall–Kier alpha value is -2.46. The molecule has 0 aliphatic carbocycles. The first kappa shape index (κ1) is 17.4. The highest BCUT2D eigenvalue weighted by Crippen LogP contribution is 2.26. The van der Waals surface area contributed by atoms with Crippen LogP contribution in [0.1, 0.15) is 45.2 Å². The van der Waals surface area contributed by atoms with Gasteiger partial charge in [-0.25, -0.2) is 0 Å². The van der Waals surface area contributed by atoms with Crippen molar-refractivity contribution in [2.24, 2.45) is 11.7 Å². The quantitative estimate of drug-likeness (QED) is 0.873. The molecule has 1 aliphatic heterocycles. The number of aryl methyl sites for hydroxylation is 1. The van der Waals surface area contributed by atoms with Crippen LogP contribution in [0.15, 0.2) is 48.5 Å². The minimum Gasteiger partial charge on any atom is -0.336 e. The van der Waals surface area contributed by atoms with E-state index in [0.29, 0.717) is 35.7 Å². The fourth-order valence-electron chi connectivity index (χ4n) is 3.48. The number of ketones is 1. The highest BCUT2D eigenvalue weighted by Gasteiger charge is 2.33. The molecule has 1 amide bonds. The first-order valence-corrected chi connectivity index (χ1v) is 8.72. The molecule has 0 aromatic heterocycles. The first-order valence-electron chi connectivity index (χ1n) is 8.72. The summed E-state index contributed by atoms with van der Waals surface area (Å²) in [4.78, 5) is 27.8. The third-order valence-corrected chi connectivity index (χ3v) is 4.97. The van der Waals surface area contributed by atoms with Gasteiger partial charge in [0.1, 0.15) is 0 Å². The molecule has 2 N–H and O–H groups in total. The molecule has 1 fully saturated rings. The highest BCUT2D eigenvalue weighted by molar-refractivity contribution is 6.15. The van der Waals surface area contributed by atoms with Crippen molar-refractivity contribution in [1.29, 1.82) is 0 Å². The van der Waals surface area contributed by atoms with Gasteiger partial charge >= 0.3 is 0 Å². The minimum absolute atomic E-state index is 0.0838. The zero-order chi connectivity index (χ0) is 18.0. The van der Waals surface area contributed by atoms with Crippen molar-refractivity contribution in [1.82, 2.24) is 4.90 Å². The molecule has 4 heteroatoms. The van der Waals surface area contributed by atoms with Gasteiger partial charge in [0.25, 0.3) is 5.91 Å². The van der Waals surface area contributed by atoms with E-state index < -0.39 is 0 Å². The number of carbonyl (C=O) groups excluding carboxylic acids is 2. The van der Waals surface area contributed by atoms with Gasteiger partial charge in [-0.05, 0) is 38.8 Å². The van der Waals surface area contributed by atoms with Crippen LogP contribution in [0, 0.1) is 12.8 Å². The molecule has 1 heterocycles. The van der Waals surface area contributed by atoms with Crippen molar-refractivity contribution in [2.75, 3.05) is 13.1 Å². The molecular weight excluding hydrogens is 312 g/mol. The minimum atomic E-state index is -0.119. The van der Waals surface area contributed by atoms with Gasteiger partial charge in [-0.3, -0.25) is 9.59 Å². The normalized spacial score (nSPS) is 19.9. The van der Waals surface area contributed by atoms with E-state index in [1.807, 2.05) is 43.0 Å². The van der Waals surface area contributed by atoms with E-state index in [2.05, 4.69) is 0 Å². The summed E-state index contributed by atoms with van der Waals surface area (Å²) >= 11 is 0. The van der Waals surface area contributed by atoms with Crippen molar-refractivity contribution in [2.45, 2.75) is 26.3 Å². The Bertz CT molecular complexity index is 783. The topological polar surface area (TPSA) is 63.4 Å². The molecule has 1 saturated heterocycles. The van der Waals surface area contributed by atoms with E-state index in [0.717, 1.165) is 12.0 Å². The Morgan fingerprint density at radius 1 is 1.08 bits per heavy atom. The lowest BCUT2D eigenvalue weighted by atomic mass is 9.97. The molecule has 1 aliphatic rings. The van der Waals surface area contributed by atoms with E-state index in [9.17, 15) is 9.59 Å². The summed E-state index contributed by atoms with van der Waals surface area (Å²) in [5, 5.41) is 0. The van der Waals surface area contributed by atoms with E-state index >= 15 is 0 Å². The Labute approximate surface area is 148 Å². The summed E-state index contributed by atoms with van der Waals surface area (Å²) in [5.41, 5.74) is 8.39. The van der Waals surface area contributed by atoms with Crippen LogP contribution < -0.4 is 5.73 Å². The van der Waals surface area contributed by atoms with Gasteiger partial charge in [-0.15, -0.1) is 0 Å². The van der Waals surface area contributed by atoms with Crippen LogP contribution in [0.4, 0.5) is 0 Å². The molecule has 0 saturated carbocycles. The second-order valence-corrected chi connectivity index (χ2v) is 6.88. The second-order valence-electron chi connectivity index (χ2n) is 6.88. The number of hydrogen-bond donors (Lipinski definition) is 1. The maximum Gasteiger partial charge on any atom is 0.254 e. The lowest BCUT2D eigenvalue weighted by Gasteiger charge is -2.22. The molecule has 2 aromatic rings. The number of hydrogen-bond acceptors (Lipinski definition) is 3. The molecule has 0 spiro atoms. The fraction of sp³-hybridized carbons (Fsp3) is 0.333. The largest absolute Gasteiger partial charge is 0.336 e. The number of carbonyl (C=O) groups is 2. The number of amides is 1. The number of nitrogens with two attached hydrogens (primary N) is 1. The van der Waals surface area contributed by atoms with E-state index in [-0.39, 0.29) is 17.7 Å². The highest BCUT2D eigenvalue weighted by atomic mass is 16.2. The van der Waals surface area contributed by atoms with Gasteiger partial charge in [0.2, 0.25) is 0 Å². The van der Waals surface area contributed by atoms with Crippen molar-refractivity contribution in [3.8, 4) is 0 Å². The zero-order valence-electron chi connectivity index (χ0n) is 14.7. The summed E-state index contributed by atoms with van der Waals surface area (Å²) in [7, 11) is 0. The fourth-order valence-corrected chi connectivity index (χ4v) is 3.48. The number of benzene rings is 2.